The van der Waals surface area contributed by atoms with E-state index in [1.165, 1.54) is 38.9 Å². The van der Waals surface area contributed by atoms with Gasteiger partial charge in [-0.15, -0.1) is 0 Å². The molecule has 2 saturated heterocycles. The van der Waals surface area contributed by atoms with Crippen LogP contribution in [0.5, 0.6) is 0 Å². The van der Waals surface area contributed by atoms with Crippen LogP contribution in [-0.4, -0.2) is 50.8 Å². The number of nitrogens with zero attached hydrogens (tertiary/aromatic N) is 1. The molecule has 2 rings (SSSR count). The summed E-state index contributed by atoms with van der Waals surface area (Å²) in [5, 5.41) is 3.43. The van der Waals surface area contributed by atoms with Crippen LogP contribution in [0.15, 0.2) is 0 Å². The van der Waals surface area contributed by atoms with E-state index in [4.69, 9.17) is 4.74 Å². The first-order chi connectivity index (χ1) is 7.79. The zero-order chi connectivity index (χ0) is 11.4. The van der Waals surface area contributed by atoms with E-state index < -0.39 is 0 Å². The first-order valence-corrected chi connectivity index (χ1v) is 6.77. The van der Waals surface area contributed by atoms with E-state index in [0.29, 0.717) is 0 Å². The Labute approximate surface area is 99.5 Å². The fourth-order valence-electron chi connectivity index (χ4n) is 3.14. The second-order valence-corrected chi connectivity index (χ2v) is 5.50. The Morgan fingerprint density at radius 3 is 2.88 bits per heavy atom. The summed E-state index contributed by atoms with van der Waals surface area (Å²) in [6, 6.07) is 0.721. The predicted molar refractivity (Wildman–Crippen MR) is 66.6 cm³/mol. The maximum absolute atomic E-state index is 5.55. The lowest BCUT2D eigenvalue weighted by molar-refractivity contribution is 0.0290. The molecule has 3 heteroatoms. The molecule has 2 heterocycles. The highest BCUT2D eigenvalue weighted by Crippen LogP contribution is 2.20. The predicted octanol–water partition coefficient (Wildman–Crippen LogP) is 1.34. The molecule has 0 aromatic heterocycles. The van der Waals surface area contributed by atoms with Crippen molar-refractivity contribution in [2.45, 2.75) is 32.2 Å². The number of ether oxygens (including phenoxy) is 1. The number of hydrogen-bond acceptors (Lipinski definition) is 3. The molecule has 3 unspecified atom stereocenters. The molecule has 0 amide bonds. The Morgan fingerprint density at radius 2 is 2.25 bits per heavy atom. The fraction of sp³-hybridized carbons (Fsp3) is 1.00. The van der Waals surface area contributed by atoms with Crippen LogP contribution in [0.25, 0.3) is 0 Å². The second kappa shape index (κ2) is 5.99. The summed E-state index contributed by atoms with van der Waals surface area (Å²) in [5.41, 5.74) is 0. The van der Waals surface area contributed by atoms with Crippen molar-refractivity contribution >= 4 is 0 Å². The summed E-state index contributed by atoms with van der Waals surface area (Å²) in [5.74, 6) is 1.57. The van der Waals surface area contributed by atoms with Gasteiger partial charge in [-0.2, -0.15) is 0 Å². The van der Waals surface area contributed by atoms with Gasteiger partial charge in [-0.1, -0.05) is 6.92 Å². The molecule has 0 aromatic carbocycles. The Morgan fingerprint density at radius 1 is 1.38 bits per heavy atom. The van der Waals surface area contributed by atoms with E-state index in [1.54, 1.807) is 0 Å². The normalized spacial score (nSPS) is 37.5. The Balaban J connectivity index is 1.74. The molecule has 2 fully saturated rings. The van der Waals surface area contributed by atoms with Crippen molar-refractivity contribution in [3.8, 4) is 0 Å². The zero-order valence-electron chi connectivity index (χ0n) is 10.7. The molecular formula is C13H26N2O. The minimum absolute atomic E-state index is 0.721. The lowest BCUT2D eigenvalue weighted by Gasteiger charge is -2.39. The van der Waals surface area contributed by atoms with E-state index in [0.717, 1.165) is 31.1 Å². The average Bonchev–Trinajstić information content (AvgIpc) is 2.31. The monoisotopic (exact) mass is 226 g/mol. The third-order valence-corrected chi connectivity index (χ3v) is 4.13. The van der Waals surface area contributed by atoms with Gasteiger partial charge in [0.25, 0.3) is 0 Å². The van der Waals surface area contributed by atoms with Crippen molar-refractivity contribution in [1.82, 2.24) is 10.2 Å². The van der Waals surface area contributed by atoms with Crippen LogP contribution in [0.1, 0.15) is 26.2 Å². The fourth-order valence-corrected chi connectivity index (χ4v) is 3.14. The largest absolute Gasteiger partial charge is 0.381 e. The number of hydrogen-bond donors (Lipinski definition) is 1. The highest BCUT2D eigenvalue weighted by atomic mass is 16.5. The summed E-state index contributed by atoms with van der Waals surface area (Å²) in [6.07, 6.45) is 3.92. The third-order valence-electron chi connectivity index (χ3n) is 4.13. The second-order valence-electron chi connectivity index (χ2n) is 5.50. The molecule has 0 aromatic rings. The first kappa shape index (κ1) is 12.3. The third kappa shape index (κ3) is 3.19. The van der Waals surface area contributed by atoms with Gasteiger partial charge in [-0.25, -0.2) is 0 Å². The van der Waals surface area contributed by atoms with Crippen LogP contribution in [-0.2, 0) is 4.74 Å². The van der Waals surface area contributed by atoms with Crippen LogP contribution in [0.2, 0.25) is 0 Å². The zero-order valence-corrected chi connectivity index (χ0v) is 10.7. The van der Waals surface area contributed by atoms with Gasteiger partial charge in [0.2, 0.25) is 0 Å². The quantitative estimate of drug-likeness (QED) is 0.786. The molecular weight excluding hydrogens is 200 g/mol. The lowest BCUT2D eigenvalue weighted by Crippen LogP contribution is -2.48. The lowest BCUT2D eigenvalue weighted by atomic mass is 9.92. The van der Waals surface area contributed by atoms with Crippen LogP contribution in [0, 0.1) is 11.8 Å². The van der Waals surface area contributed by atoms with Gasteiger partial charge in [0.05, 0.1) is 6.61 Å². The van der Waals surface area contributed by atoms with Gasteiger partial charge >= 0.3 is 0 Å². The van der Waals surface area contributed by atoms with Gasteiger partial charge in [0.15, 0.2) is 0 Å². The number of piperidine rings is 1. The van der Waals surface area contributed by atoms with Gasteiger partial charge in [0.1, 0.15) is 0 Å². The molecule has 3 nitrogen and oxygen atoms in total. The molecule has 3 atom stereocenters. The maximum atomic E-state index is 5.55. The van der Waals surface area contributed by atoms with Crippen molar-refractivity contribution in [3.05, 3.63) is 0 Å². The summed E-state index contributed by atoms with van der Waals surface area (Å²) in [4.78, 5) is 2.64. The van der Waals surface area contributed by atoms with Crippen molar-refractivity contribution in [2.24, 2.45) is 11.8 Å². The molecule has 94 valence electrons. The minimum atomic E-state index is 0.721. The highest BCUT2D eigenvalue weighted by Gasteiger charge is 2.26. The van der Waals surface area contributed by atoms with Crippen molar-refractivity contribution in [1.29, 1.82) is 0 Å². The number of likely N-dealkylation sites (tertiary alicyclic amines) is 1. The standard InChI is InChI=1S/C13H26N2O/c1-11-8-15(6-5-13(11)14-2)9-12-4-3-7-16-10-12/h11-14H,3-10H2,1-2H3. The summed E-state index contributed by atoms with van der Waals surface area (Å²) < 4.78 is 5.55. The Kier molecular flexibility index (Phi) is 4.62. The highest BCUT2D eigenvalue weighted by molar-refractivity contribution is 4.83. The Hall–Kier alpha value is -0.120. The van der Waals surface area contributed by atoms with Gasteiger partial charge in [-0.05, 0) is 44.7 Å². The minimum Gasteiger partial charge on any atom is -0.381 e. The number of rotatable bonds is 3. The molecule has 2 aliphatic rings. The average molecular weight is 226 g/mol. The maximum Gasteiger partial charge on any atom is 0.0506 e. The van der Waals surface area contributed by atoms with Gasteiger partial charge in [0, 0.05) is 25.7 Å². The van der Waals surface area contributed by atoms with Crippen LogP contribution >= 0.6 is 0 Å². The molecule has 0 saturated carbocycles. The molecule has 2 aliphatic heterocycles. The molecule has 0 spiro atoms. The molecule has 0 aliphatic carbocycles. The molecule has 0 radical (unpaired) electrons. The smallest absolute Gasteiger partial charge is 0.0506 e. The van der Waals surface area contributed by atoms with Gasteiger partial charge in [-0.3, -0.25) is 0 Å². The SMILES string of the molecule is CNC1CCN(CC2CCCOC2)CC1C. The topological polar surface area (TPSA) is 24.5 Å². The molecule has 16 heavy (non-hydrogen) atoms. The summed E-state index contributed by atoms with van der Waals surface area (Å²) in [6.45, 7) is 8.09. The van der Waals surface area contributed by atoms with Crippen molar-refractivity contribution in [3.63, 3.8) is 0 Å². The van der Waals surface area contributed by atoms with Crippen LogP contribution in [0.3, 0.4) is 0 Å². The molecule has 0 bridgehead atoms. The van der Waals surface area contributed by atoms with E-state index in [1.807, 2.05) is 0 Å². The van der Waals surface area contributed by atoms with E-state index in [9.17, 15) is 0 Å². The van der Waals surface area contributed by atoms with Crippen LogP contribution < -0.4 is 5.32 Å². The van der Waals surface area contributed by atoms with E-state index in [-0.39, 0.29) is 0 Å². The summed E-state index contributed by atoms with van der Waals surface area (Å²) >= 11 is 0. The van der Waals surface area contributed by atoms with E-state index in [2.05, 4.69) is 24.2 Å². The number of nitrogens with one attached hydrogen (secondary N) is 1. The molecule has 1 N–H and O–H groups in total. The van der Waals surface area contributed by atoms with Gasteiger partial charge < -0.3 is 15.0 Å². The Bertz CT molecular complexity index is 204. The summed E-state index contributed by atoms with van der Waals surface area (Å²) in [7, 11) is 2.09. The van der Waals surface area contributed by atoms with Crippen molar-refractivity contribution in [2.75, 3.05) is 39.9 Å². The first-order valence-electron chi connectivity index (χ1n) is 6.77. The van der Waals surface area contributed by atoms with Crippen LogP contribution in [0.4, 0.5) is 0 Å². The van der Waals surface area contributed by atoms with E-state index >= 15 is 0 Å². The van der Waals surface area contributed by atoms with Crippen molar-refractivity contribution < 1.29 is 4.74 Å².